The SMILES string of the molecule is COC(=O)CC1(c2ccc(Cl)c(Cl)c2)CCCNC1. The molecule has 1 aliphatic heterocycles. The average Bonchev–Trinajstić information content (AvgIpc) is 2.42. The predicted molar refractivity (Wildman–Crippen MR) is 76.9 cm³/mol. The number of methoxy groups -OCH3 is 1. The molecule has 1 aliphatic rings. The van der Waals surface area contributed by atoms with Gasteiger partial charge in [0.15, 0.2) is 0 Å². The number of hydrogen-bond acceptors (Lipinski definition) is 3. The lowest BCUT2D eigenvalue weighted by atomic mass is 9.72. The number of esters is 1. The van der Waals surface area contributed by atoms with Crippen molar-refractivity contribution in [3.63, 3.8) is 0 Å². The maximum atomic E-state index is 11.7. The lowest BCUT2D eigenvalue weighted by Gasteiger charge is -2.37. The first-order chi connectivity index (χ1) is 9.07. The van der Waals surface area contributed by atoms with Gasteiger partial charge in [-0.1, -0.05) is 29.3 Å². The Bertz CT molecular complexity index is 471. The topological polar surface area (TPSA) is 38.3 Å². The number of nitrogens with one attached hydrogen (secondary N) is 1. The summed E-state index contributed by atoms with van der Waals surface area (Å²) in [4.78, 5) is 11.7. The highest BCUT2D eigenvalue weighted by Crippen LogP contribution is 2.37. The summed E-state index contributed by atoms with van der Waals surface area (Å²) in [6.07, 6.45) is 2.32. The first-order valence-electron chi connectivity index (χ1n) is 6.30. The third-order valence-corrected chi connectivity index (χ3v) is 4.45. The zero-order chi connectivity index (χ0) is 13.9. The van der Waals surface area contributed by atoms with Crippen LogP contribution in [0.4, 0.5) is 0 Å². The number of rotatable bonds is 3. The third kappa shape index (κ3) is 3.22. The number of carbonyl (C=O) groups excluding carboxylic acids is 1. The van der Waals surface area contributed by atoms with Crippen LogP contribution in [0.25, 0.3) is 0 Å². The van der Waals surface area contributed by atoms with E-state index in [0.29, 0.717) is 16.5 Å². The van der Waals surface area contributed by atoms with E-state index >= 15 is 0 Å². The van der Waals surface area contributed by atoms with Crippen molar-refractivity contribution in [1.82, 2.24) is 5.32 Å². The highest BCUT2D eigenvalue weighted by Gasteiger charge is 2.36. The van der Waals surface area contributed by atoms with Crippen molar-refractivity contribution in [2.24, 2.45) is 0 Å². The van der Waals surface area contributed by atoms with Gasteiger partial charge in [0.05, 0.1) is 23.6 Å². The molecule has 1 N–H and O–H groups in total. The number of piperidine rings is 1. The molecule has 19 heavy (non-hydrogen) atoms. The van der Waals surface area contributed by atoms with Gasteiger partial charge in [0.1, 0.15) is 0 Å². The van der Waals surface area contributed by atoms with Crippen molar-refractivity contribution in [2.75, 3.05) is 20.2 Å². The van der Waals surface area contributed by atoms with Crippen LogP contribution in [0, 0.1) is 0 Å². The molecule has 0 aliphatic carbocycles. The van der Waals surface area contributed by atoms with Crippen molar-refractivity contribution < 1.29 is 9.53 Å². The molecule has 0 radical (unpaired) electrons. The van der Waals surface area contributed by atoms with E-state index in [1.54, 1.807) is 6.07 Å². The summed E-state index contributed by atoms with van der Waals surface area (Å²) in [6.45, 7) is 1.73. The van der Waals surface area contributed by atoms with E-state index in [1.165, 1.54) is 7.11 Å². The van der Waals surface area contributed by atoms with Gasteiger partial charge in [-0.25, -0.2) is 0 Å². The second-order valence-corrected chi connectivity index (χ2v) is 5.76. The standard InChI is InChI=1S/C14H17Cl2NO2/c1-19-13(18)8-14(5-2-6-17-9-14)10-3-4-11(15)12(16)7-10/h3-4,7,17H,2,5-6,8-9H2,1H3. The monoisotopic (exact) mass is 301 g/mol. The fourth-order valence-electron chi connectivity index (χ4n) is 2.64. The maximum absolute atomic E-state index is 11.7. The molecule has 1 fully saturated rings. The molecule has 1 aromatic rings. The molecular weight excluding hydrogens is 285 g/mol. The minimum atomic E-state index is -0.250. The summed E-state index contributed by atoms with van der Waals surface area (Å²) in [7, 11) is 1.42. The van der Waals surface area contributed by atoms with Gasteiger partial charge in [0, 0.05) is 12.0 Å². The van der Waals surface area contributed by atoms with Gasteiger partial charge in [-0.05, 0) is 37.1 Å². The maximum Gasteiger partial charge on any atom is 0.306 e. The van der Waals surface area contributed by atoms with Gasteiger partial charge >= 0.3 is 5.97 Å². The Labute approximate surface area is 123 Å². The average molecular weight is 302 g/mol. The van der Waals surface area contributed by atoms with E-state index in [9.17, 15) is 4.79 Å². The molecule has 0 spiro atoms. The van der Waals surface area contributed by atoms with E-state index in [1.807, 2.05) is 12.1 Å². The predicted octanol–water partition coefficient (Wildman–Crippen LogP) is 3.18. The van der Waals surface area contributed by atoms with Crippen LogP contribution in [0.2, 0.25) is 10.0 Å². The number of benzene rings is 1. The molecule has 2 rings (SSSR count). The van der Waals surface area contributed by atoms with Gasteiger partial charge in [0.25, 0.3) is 0 Å². The zero-order valence-corrected chi connectivity index (χ0v) is 12.4. The summed E-state index contributed by atoms with van der Waals surface area (Å²) in [5.41, 5.74) is 0.791. The fourth-order valence-corrected chi connectivity index (χ4v) is 2.94. The summed E-state index contributed by atoms with van der Waals surface area (Å²) >= 11 is 12.1. The second-order valence-electron chi connectivity index (χ2n) is 4.94. The molecule has 0 bridgehead atoms. The molecule has 0 aromatic heterocycles. The Morgan fingerprint density at radius 3 is 2.79 bits per heavy atom. The van der Waals surface area contributed by atoms with Crippen LogP contribution in [0.3, 0.4) is 0 Å². The quantitative estimate of drug-likeness (QED) is 0.872. The third-order valence-electron chi connectivity index (χ3n) is 3.71. The number of halogens is 2. The van der Waals surface area contributed by atoms with Crippen molar-refractivity contribution >= 4 is 29.2 Å². The van der Waals surface area contributed by atoms with Crippen molar-refractivity contribution in [3.05, 3.63) is 33.8 Å². The zero-order valence-electron chi connectivity index (χ0n) is 10.8. The molecule has 3 nitrogen and oxygen atoms in total. The van der Waals surface area contributed by atoms with Crippen molar-refractivity contribution in [1.29, 1.82) is 0 Å². The Kier molecular flexibility index (Phi) is 4.71. The molecule has 1 saturated heterocycles. The van der Waals surface area contributed by atoms with Crippen LogP contribution in [-0.2, 0) is 14.9 Å². The number of ether oxygens (including phenoxy) is 1. The smallest absolute Gasteiger partial charge is 0.306 e. The van der Waals surface area contributed by atoms with Crippen LogP contribution in [0.1, 0.15) is 24.8 Å². The van der Waals surface area contributed by atoms with E-state index in [0.717, 1.165) is 31.5 Å². The van der Waals surface area contributed by atoms with E-state index in [-0.39, 0.29) is 11.4 Å². The molecule has 1 aromatic carbocycles. The number of carbonyl (C=O) groups is 1. The Morgan fingerprint density at radius 1 is 1.42 bits per heavy atom. The summed E-state index contributed by atoms with van der Waals surface area (Å²) in [5.74, 6) is -0.199. The van der Waals surface area contributed by atoms with Crippen LogP contribution < -0.4 is 5.32 Å². The molecule has 5 heteroatoms. The lowest BCUT2D eigenvalue weighted by Crippen LogP contribution is -2.45. The van der Waals surface area contributed by atoms with Crippen LogP contribution in [-0.4, -0.2) is 26.2 Å². The van der Waals surface area contributed by atoms with E-state index in [2.05, 4.69) is 5.32 Å². The largest absolute Gasteiger partial charge is 0.469 e. The van der Waals surface area contributed by atoms with Gasteiger partial charge < -0.3 is 10.1 Å². The van der Waals surface area contributed by atoms with Crippen LogP contribution in [0.15, 0.2) is 18.2 Å². The van der Waals surface area contributed by atoms with Crippen LogP contribution >= 0.6 is 23.2 Å². The first-order valence-corrected chi connectivity index (χ1v) is 7.06. The fraction of sp³-hybridized carbons (Fsp3) is 0.500. The molecule has 1 atom stereocenters. The van der Waals surface area contributed by atoms with Gasteiger partial charge in [-0.2, -0.15) is 0 Å². The van der Waals surface area contributed by atoms with Crippen LogP contribution in [0.5, 0.6) is 0 Å². The summed E-state index contributed by atoms with van der Waals surface area (Å²) in [5, 5.41) is 4.41. The minimum Gasteiger partial charge on any atom is -0.469 e. The van der Waals surface area contributed by atoms with Gasteiger partial charge in [-0.15, -0.1) is 0 Å². The highest BCUT2D eigenvalue weighted by molar-refractivity contribution is 6.42. The normalized spacial score (nSPS) is 23.1. The molecule has 1 heterocycles. The van der Waals surface area contributed by atoms with E-state index in [4.69, 9.17) is 27.9 Å². The minimum absolute atomic E-state index is 0.199. The molecule has 0 saturated carbocycles. The van der Waals surface area contributed by atoms with Gasteiger partial charge in [0.2, 0.25) is 0 Å². The second kappa shape index (κ2) is 6.12. The highest BCUT2D eigenvalue weighted by atomic mass is 35.5. The Balaban J connectivity index is 2.35. The lowest BCUT2D eigenvalue weighted by molar-refractivity contribution is -0.142. The number of hydrogen-bond donors (Lipinski definition) is 1. The Morgan fingerprint density at radius 2 is 2.21 bits per heavy atom. The molecule has 104 valence electrons. The molecule has 1 unspecified atom stereocenters. The van der Waals surface area contributed by atoms with Crippen molar-refractivity contribution in [3.8, 4) is 0 Å². The van der Waals surface area contributed by atoms with Gasteiger partial charge in [-0.3, -0.25) is 4.79 Å². The summed E-state index contributed by atoms with van der Waals surface area (Å²) < 4.78 is 4.83. The Hall–Kier alpha value is -0.770. The van der Waals surface area contributed by atoms with E-state index < -0.39 is 0 Å². The molecule has 0 amide bonds. The van der Waals surface area contributed by atoms with Crippen molar-refractivity contribution in [2.45, 2.75) is 24.7 Å². The summed E-state index contributed by atoms with van der Waals surface area (Å²) in [6, 6.07) is 5.59. The first kappa shape index (κ1) is 14.6. The molecular formula is C14H17Cl2NO2.